The second kappa shape index (κ2) is 14.3. The van der Waals surface area contributed by atoms with E-state index in [-0.39, 0.29) is 25.7 Å². The number of benzene rings is 2. The summed E-state index contributed by atoms with van der Waals surface area (Å²) in [7, 11) is 0. The zero-order valence-corrected chi connectivity index (χ0v) is 22.3. The van der Waals surface area contributed by atoms with Gasteiger partial charge in [0, 0.05) is 6.92 Å². The molecule has 0 aliphatic rings. The number of Topliss-reactive ketones (excluding diaryl/α,β-unsaturated/α-hetero) is 1. The summed E-state index contributed by atoms with van der Waals surface area (Å²) < 4.78 is 11.1. The van der Waals surface area contributed by atoms with Crippen molar-refractivity contribution in [1.29, 1.82) is 0 Å². The first-order valence-electron chi connectivity index (χ1n) is 12.4. The molecule has 200 valence electrons. The fraction of sp³-hybridized carbons (Fsp3) is 0.448. The van der Waals surface area contributed by atoms with Crippen LogP contribution in [0.25, 0.3) is 0 Å². The minimum atomic E-state index is -1.49. The monoisotopic (exact) mass is 510 g/mol. The van der Waals surface area contributed by atoms with Crippen molar-refractivity contribution in [3.63, 3.8) is 0 Å². The van der Waals surface area contributed by atoms with E-state index in [9.17, 15) is 19.2 Å². The lowest BCUT2D eigenvalue weighted by Crippen LogP contribution is -2.56. The van der Waals surface area contributed by atoms with Gasteiger partial charge in [-0.05, 0) is 37.3 Å². The first kappa shape index (κ1) is 29.7. The van der Waals surface area contributed by atoms with Gasteiger partial charge in [0.15, 0.2) is 5.78 Å². The lowest BCUT2D eigenvalue weighted by Gasteiger charge is -2.29. The van der Waals surface area contributed by atoms with Gasteiger partial charge in [-0.3, -0.25) is 19.2 Å². The Bertz CT molecular complexity index is 1040. The van der Waals surface area contributed by atoms with Crippen molar-refractivity contribution in [2.24, 2.45) is 11.3 Å². The fourth-order valence-corrected chi connectivity index (χ4v) is 3.71. The maximum Gasteiger partial charge on any atom is 0.319 e. The molecular formula is C29H38N2O6. The number of hydrogen-bond donors (Lipinski definition) is 2. The number of esters is 1. The van der Waals surface area contributed by atoms with Crippen molar-refractivity contribution in [2.45, 2.75) is 66.3 Å². The van der Waals surface area contributed by atoms with Crippen molar-refractivity contribution in [3.05, 3.63) is 71.8 Å². The fourth-order valence-electron chi connectivity index (χ4n) is 3.71. The lowest BCUT2D eigenvalue weighted by molar-refractivity contribution is -0.160. The van der Waals surface area contributed by atoms with Crippen LogP contribution < -0.4 is 10.6 Å². The summed E-state index contributed by atoms with van der Waals surface area (Å²) in [6.07, 6.45) is 0.317. The molecule has 0 radical (unpaired) electrons. The predicted molar refractivity (Wildman–Crippen MR) is 140 cm³/mol. The van der Waals surface area contributed by atoms with E-state index < -0.39 is 41.1 Å². The van der Waals surface area contributed by atoms with Crippen LogP contribution in [-0.2, 0) is 41.9 Å². The van der Waals surface area contributed by atoms with E-state index in [1.807, 2.05) is 74.5 Å². The van der Waals surface area contributed by atoms with Gasteiger partial charge < -0.3 is 20.1 Å². The third-order valence-corrected chi connectivity index (χ3v) is 5.77. The Morgan fingerprint density at radius 1 is 0.811 bits per heavy atom. The number of carbonyl (C=O) groups is 4. The van der Waals surface area contributed by atoms with Gasteiger partial charge in [0.1, 0.15) is 18.1 Å². The largest absolute Gasteiger partial charge is 0.460 e. The summed E-state index contributed by atoms with van der Waals surface area (Å²) in [4.78, 5) is 51.3. The second-order valence-electron chi connectivity index (χ2n) is 10.00. The molecule has 0 aliphatic carbocycles. The standard InChI is InChI=1S/C29H38N2O6/c1-20(2)16-24(26(33)29(4,5)28(35)37-18-23-14-10-7-11-15-23)31-27(34)25(30-21(3)32)19-36-17-22-12-8-6-9-13-22/h6-15,20,24-25H,16-19H2,1-5H3,(H,30,32)(H,31,34)/t24-,25-/m0/s1. The van der Waals surface area contributed by atoms with Gasteiger partial charge in [-0.15, -0.1) is 0 Å². The highest BCUT2D eigenvalue weighted by Crippen LogP contribution is 2.24. The smallest absolute Gasteiger partial charge is 0.319 e. The summed E-state index contributed by atoms with van der Waals surface area (Å²) in [6, 6.07) is 16.7. The van der Waals surface area contributed by atoms with E-state index in [1.165, 1.54) is 20.8 Å². The van der Waals surface area contributed by atoms with Crippen LogP contribution in [-0.4, -0.2) is 42.3 Å². The van der Waals surface area contributed by atoms with E-state index in [0.29, 0.717) is 6.42 Å². The molecule has 2 amide bonds. The second-order valence-corrected chi connectivity index (χ2v) is 10.00. The molecule has 0 aliphatic heterocycles. The van der Waals surface area contributed by atoms with Gasteiger partial charge in [-0.25, -0.2) is 0 Å². The summed E-state index contributed by atoms with van der Waals surface area (Å²) >= 11 is 0. The Balaban J connectivity index is 2.08. The van der Waals surface area contributed by atoms with E-state index >= 15 is 0 Å². The van der Waals surface area contributed by atoms with Gasteiger partial charge in [0.2, 0.25) is 11.8 Å². The normalized spacial score (nSPS) is 12.9. The third kappa shape index (κ3) is 9.80. The van der Waals surface area contributed by atoms with Gasteiger partial charge in [0.25, 0.3) is 0 Å². The molecule has 8 nitrogen and oxygen atoms in total. The first-order valence-corrected chi connectivity index (χ1v) is 12.4. The number of hydrogen-bond acceptors (Lipinski definition) is 6. The Hall–Kier alpha value is -3.52. The van der Waals surface area contributed by atoms with Crippen LogP contribution in [0.3, 0.4) is 0 Å². The van der Waals surface area contributed by atoms with Crippen molar-refractivity contribution in [1.82, 2.24) is 10.6 Å². The summed E-state index contributed by atoms with van der Waals surface area (Å²) in [5, 5.41) is 5.33. The maximum absolute atomic E-state index is 13.5. The molecule has 0 aromatic heterocycles. The first-order chi connectivity index (χ1) is 17.5. The summed E-state index contributed by atoms with van der Waals surface area (Å²) in [5.41, 5.74) is 0.238. The van der Waals surface area contributed by atoms with Crippen molar-refractivity contribution in [2.75, 3.05) is 6.61 Å². The van der Waals surface area contributed by atoms with Gasteiger partial charge in [0.05, 0.1) is 19.3 Å². The third-order valence-electron chi connectivity index (χ3n) is 5.77. The average molecular weight is 511 g/mol. The molecule has 2 atom stereocenters. The molecule has 8 heteroatoms. The van der Waals surface area contributed by atoms with E-state index in [2.05, 4.69) is 10.6 Å². The Morgan fingerprint density at radius 3 is 1.86 bits per heavy atom. The van der Waals surface area contributed by atoms with E-state index in [0.717, 1.165) is 11.1 Å². The molecule has 0 spiro atoms. The molecule has 2 N–H and O–H groups in total. The molecule has 2 rings (SSSR count). The molecule has 2 aromatic rings. The molecule has 0 unspecified atom stereocenters. The van der Waals surface area contributed by atoms with Gasteiger partial charge in [-0.2, -0.15) is 0 Å². The highest BCUT2D eigenvalue weighted by Gasteiger charge is 2.42. The molecule has 0 heterocycles. The van der Waals surface area contributed by atoms with Crippen LogP contribution in [0.2, 0.25) is 0 Å². The Kier molecular flexibility index (Phi) is 11.5. The zero-order chi connectivity index (χ0) is 27.4. The number of amides is 2. The molecular weight excluding hydrogens is 472 g/mol. The van der Waals surface area contributed by atoms with Crippen LogP contribution in [0, 0.1) is 11.3 Å². The van der Waals surface area contributed by atoms with Crippen LogP contribution >= 0.6 is 0 Å². The van der Waals surface area contributed by atoms with E-state index in [1.54, 1.807) is 0 Å². The van der Waals surface area contributed by atoms with Gasteiger partial charge >= 0.3 is 5.97 Å². The van der Waals surface area contributed by atoms with Crippen molar-refractivity contribution < 1.29 is 28.7 Å². The number of carbonyl (C=O) groups excluding carboxylic acids is 4. The minimum Gasteiger partial charge on any atom is -0.460 e. The molecule has 0 bridgehead atoms. The van der Waals surface area contributed by atoms with Crippen LogP contribution in [0.15, 0.2) is 60.7 Å². The van der Waals surface area contributed by atoms with Crippen LogP contribution in [0.5, 0.6) is 0 Å². The minimum absolute atomic E-state index is 0.0426. The molecule has 0 saturated heterocycles. The number of rotatable bonds is 14. The molecule has 37 heavy (non-hydrogen) atoms. The highest BCUT2D eigenvalue weighted by atomic mass is 16.5. The zero-order valence-electron chi connectivity index (χ0n) is 22.3. The highest BCUT2D eigenvalue weighted by molar-refractivity contribution is 6.06. The molecule has 0 fully saturated rings. The molecule has 2 aromatic carbocycles. The SMILES string of the molecule is CC(=O)N[C@@H](COCc1ccccc1)C(=O)N[C@@H](CC(C)C)C(=O)C(C)(C)C(=O)OCc1ccccc1. The summed E-state index contributed by atoms with van der Waals surface area (Å²) in [5.74, 6) is -2.04. The number of ketones is 1. The van der Waals surface area contributed by atoms with Crippen LogP contribution in [0.4, 0.5) is 0 Å². The van der Waals surface area contributed by atoms with Crippen LogP contribution in [0.1, 0.15) is 52.2 Å². The van der Waals surface area contributed by atoms with Crippen molar-refractivity contribution in [3.8, 4) is 0 Å². The van der Waals surface area contributed by atoms with Crippen molar-refractivity contribution >= 4 is 23.6 Å². The quantitative estimate of drug-likeness (QED) is 0.297. The average Bonchev–Trinajstić information content (AvgIpc) is 2.86. The topological polar surface area (TPSA) is 111 Å². The van der Waals surface area contributed by atoms with Gasteiger partial charge in [-0.1, -0.05) is 74.5 Å². The maximum atomic E-state index is 13.5. The number of ether oxygens (including phenoxy) is 2. The summed E-state index contributed by atoms with van der Waals surface area (Å²) in [6.45, 7) is 8.36. The lowest BCUT2D eigenvalue weighted by atomic mass is 9.81. The predicted octanol–water partition coefficient (Wildman–Crippen LogP) is 3.58. The van der Waals surface area contributed by atoms with E-state index in [4.69, 9.17) is 9.47 Å². The Labute approximate surface area is 219 Å². The molecule has 0 saturated carbocycles. The number of nitrogens with one attached hydrogen (secondary N) is 2. The Morgan fingerprint density at radius 2 is 1.35 bits per heavy atom.